The van der Waals surface area contributed by atoms with Crippen molar-refractivity contribution in [3.05, 3.63) is 60.8 Å². The van der Waals surface area contributed by atoms with Crippen LogP contribution in [0.4, 0.5) is 5.69 Å². The van der Waals surface area contributed by atoms with E-state index in [2.05, 4.69) is 46.1 Å². The summed E-state index contributed by atoms with van der Waals surface area (Å²) in [4.78, 5) is 8.44. The maximum Gasteiger partial charge on any atom is 0.0740 e. The van der Waals surface area contributed by atoms with Gasteiger partial charge >= 0.3 is 0 Å². The molecule has 0 aliphatic heterocycles. The fourth-order valence-electron chi connectivity index (χ4n) is 1.95. The molecule has 20 heavy (non-hydrogen) atoms. The van der Waals surface area contributed by atoms with E-state index in [1.165, 1.54) is 5.56 Å². The van der Waals surface area contributed by atoms with E-state index in [9.17, 15) is 0 Å². The molecule has 0 aliphatic carbocycles. The Kier molecular flexibility index (Phi) is 5.36. The molecule has 2 nitrogen and oxygen atoms in total. The highest BCUT2D eigenvalue weighted by atomic mass is 32.1. The number of aromatic nitrogens is 1. The Morgan fingerprint density at radius 1 is 1.20 bits per heavy atom. The molecule has 2 aromatic rings. The third-order valence-electron chi connectivity index (χ3n) is 3.04. The molecule has 0 saturated carbocycles. The van der Waals surface area contributed by atoms with Gasteiger partial charge in [0, 0.05) is 11.8 Å². The van der Waals surface area contributed by atoms with Gasteiger partial charge in [-0.05, 0) is 55.2 Å². The number of unbranched alkanes of at least 4 members (excludes halogenated alkanes) is 1. The summed E-state index contributed by atoms with van der Waals surface area (Å²) in [6.07, 6.45) is 7.10. The Labute approximate surface area is 124 Å². The summed E-state index contributed by atoms with van der Waals surface area (Å²) >= 11 is 4.58. The number of aryl methyl sites for hydroxylation is 1. The largest absolute Gasteiger partial charge is 0.256 e. The predicted molar refractivity (Wildman–Crippen MR) is 87.5 cm³/mol. The number of rotatable bonds is 6. The monoisotopic (exact) mass is 280 g/mol. The fourth-order valence-corrected chi connectivity index (χ4v) is 2.06. The van der Waals surface area contributed by atoms with Crippen LogP contribution in [0.15, 0.2) is 60.2 Å². The van der Waals surface area contributed by atoms with Crippen molar-refractivity contribution in [2.24, 2.45) is 4.99 Å². The number of hydrogen-bond donors (Lipinski definition) is 0. The summed E-state index contributed by atoms with van der Waals surface area (Å²) < 4.78 is 0. The van der Waals surface area contributed by atoms with Crippen LogP contribution in [0.25, 0.3) is 11.3 Å². The Morgan fingerprint density at radius 2 is 2.00 bits per heavy atom. The molecule has 0 amide bonds. The molecule has 1 heterocycles. The van der Waals surface area contributed by atoms with Crippen LogP contribution >= 0.6 is 12.2 Å². The van der Waals surface area contributed by atoms with Gasteiger partial charge in [-0.2, -0.15) is 4.99 Å². The van der Waals surface area contributed by atoms with Crippen molar-refractivity contribution in [1.29, 1.82) is 0 Å². The Morgan fingerprint density at radius 3 is 2.60 bits per heavy atom. The van der Waals surface area contributed by atoms with Gasteiger partial charge in [-0.15, -0.1) is 6.58 Å². The molecule has 100 valence electrons. The van der Waals surface area contributed by atoms with Crippen molar-refractivity contribution in [1.82, 2.24) is 4.98 Å². The number of benzene rings is 1. The first-order valence-electron chi connectivity index (χ1n) is 6.57. The Hall–Kier alpha value is -2.09. The molecular formula is C17H16N2S. The maximum absolute atomic E-state index is 4.58. The maximum atomic E-state index is 4.58. The van der Waals surface area contributed by atoms with Crippen LogP contribution in [-0.2, 0) is 6.42 Å². The zero-order valence-corrected chi connectivity index (χ0v) is 12.1. The Balaban J connectivity index is 2.08. The lowest BCUT2D eigenvalue weighted by Crippen LogP contribution is -1.88. The van der Waals surface area contributed by atoms with Gasteiger partial charge in [-0.25, -0.2) is 0 Å². The van der Waals surface area contributed by atoms with E-state index in [0.717, 1.165) is 36.2 Å². The molecule has 0 spiro atoms. The van der Waals surface area contributed by atoms with Crippen LogP contribution in [0, 0.1) is 0 Å². The van der Waals surface area contributed by atoms with Gasteiger partial charge < -0.3 is 0 Å². The molecule has 2 rings (SSSR count). The molecule has 1 aromatic heterocycles. The molecule has 0 saturated heterocycles. The highest BCUT2D eigenvalue weighted by molar-refractivity contribution is 7.78. The van der Waals surface area contributed by atoms with Gasteiger partial charge in [-0.3, -0.25) is 4.98 Å². The van der Waals surface area contributed by atoms with Crippen molar-refractivity contribution >= 4 is 23.1 Å². The summed E-state index contributed by atoms with van der Waals surface area (Å²) in [7, 11) is 0. The minimum atomic E-state index is 0.810. The summed E-state index contributed by atoms with van der Waals surface area (Å²) in [5.41, 5.74) is 4.11. The van der Waals surface area contributed by atoms with Crippen molar-refractivity contribution < 1.29 is 0 Å². The highest BCUT2D eigenvalue weighted by Gasteiger charge is 2.00. The average Bonchev–Trinajstić information content (AvgIpc) is 2.49. The van der Waals surface area contributed by atoms with Crippen molar-refractivity contribution in [3.63, 3.8) is 0 Å². The third-order valence-corrected chi connectivity index (χ3v) is 3.13. The normalized spacial score (nSPS) is 9.80. The van der Waals surface area contributed by atoms with Crippen LogP contribution in [0.2, 0.25) is 0 Å². The van der Waals surface area contributed by atoms with Gasteiger partial charge in [0.25, 0.3) is 0 Å². The quantitative estimate of drug-likeness (QED) is 0.322. The number of isothiocyanates is 1. The number of pyridine rings is 1. The van der Waals surface area contributed by atoms with Crippen LogP contribution in [0.5, 0.6) is 0 Å². The predicted octanol–water partition coefficient (Wildman–Crippen LogP) is 4.99. The molecule has 0 N–H and O–H groups in total. The number of aliphatic imine (C=N–C) groups is 1. The first-order chi connectivity index (χ1) is 9.83. The second kappa shape index (κ2) is 7.49. The summed E-state index contributed by atoms with van der Waals surface area (Å²) in [5.74, 6) is 0. The van der Waals surface area contributed by atoms with E-state index in [1.54, 1.807) is 0 Å². The minimum absolute atomic E-state index is 0.810. The molecule has 0 aliphatic rings. The van der Waals surface area contributed by atoms with E-state index in [-0.39, 0.29) is 0 Å². The van der Waals surface area contributed by atoms with Crippen molar-refractivity contribution in [3.8, 4) is 11.3 Å². The lowest BCUT2D eigenvalue weighted by molar-refractivity contribution is 0.840. The number of allylic oxidation sites excluding steroid dienone is 1. The topological polar surface area (TPSA) is 25.2 Å². The smallest absolute Gasteiger partial charge is 0.0740 e. The lowest BCUT2D eigenvalue weighted by Gasteiger charge is -2.03. The first kappa shape index (κ1) is 14.3. The van der Waals surface area contributed by atoms with Gasteiger partial charge in [-0.1, -0.05) is 24.3 Å². The minimum Gasteiger partial charge on any atom is -0.256 e. The molecule has 0 unspecified atom stereocenters. The van der Waals surface area contributed by atoms with Crippen LogP contribution in [0.1, 0.15) is 18.4 Å². The summed E-state index contributed by atoms with van der Waals surface area (Å²) in [6, 6.07) is 12.0. The standard InChI is InChI=1S/C17H16N2S/c1-2-3-4-5-14-6-11-17(18-12-14)15-7-9-16(10-8-15)19-13-20/h2,6-12H,1,3-5H2. The molecule has 1 aromatic carbocycles. The molecule has 3 heteroatoms. The van der Waals surface area contributed by atoms with E-state index >= 15 is 0 Å². The molecule has 0 bridgehead atoms. The van der Waals surface area contributed by atoms with Crippen LogP contribution in [-0.4, -0.2) is 10.1 Å². The second-order valence-electron chi connectivity index (χ2n) is 4.48. The molecule has 0 fully saturated rings. The SMILES string of the molecule is C=CCCCc1ccc(-c2ccc(N=C=S)cc2)nc1. The first-order valence-corrected chi connectivity index (χ1v) is 6.98. The third kappa shape index (κ3) is 3.95. The zero-order chi connectivity index (χ0) is 14.2. The van der Waals surface area contributed by atoms with Crippen molar-refractivity contribution in [2.75, 3.05) is 0 Å². The molecular weight excluding hydrogens is 264 g/mol. The van der Waals surface area contributed by atoms with E-state index in [1.807, 2.05) is 36.5 Å². The highest BCUT2D eigenvalue weighted by Crippen LogP contribution is 2.21. The van der Waals surface area contributed by atoms with Crippen molar-refractivity contribution in [2.45, 2.75) is 19.3 Å². The van der Waals surface area contributed by atoms with Gasteiger partial charge in [0.15, 0.2) is 0 Å². The molecule has 0 atom stereocenters. The van der Waals surface area contributed by atoms with Gasteiger partial charge in [0.2, 0.25) is 0 Å². The van der Waals surface area contributed by atoms with E-state index in [4.69, 9.17) is 0 Å². The van der Waals surface area contributed by atoms with E-state index < -0.39 is 0 Å². The second-order valence-corrected chi connectivity index (χ2v) is 4.67. The zero-order valence-electron chi connectivity index (χ0n) is 11.2. The van der Waals surface area contributed by atoms with Crippen LogP contribution < -0.4 is 0 Å². The summed E-state index contributed by atoms with van der Waals surface area (Å²) in [5, 5.41) is 2.36. The number of nitrogens with zero attached hydrogens (tertiary/aromatic N) is 2. The number of thiocarbonyl (C=S) groups is 1. The van der Waals surface area contributed by atoms with Crippen LogP contribution in [0.3, 0.4) is 0 Å². The summed E-state index contributed by atoms with van der Waals surface area (Å²) in [6.45, 7) is 3.73. The Bertz CT molecular complexity index is 608. The lowest BCUT2D eigenvalue weighted by atomic mass is 10.1. The average molecular weight is 280 g/mol. The molecule has 0 radical (unpaired) electrons. The van der Waals surface area contributed by atoms with E-state index in [0.29, 0.717) is 0 Å². The fraction of sp³-hybridized carbons (Fsp3) is 0.176. The van der Waals surface area contributed by atoms with Gasteiger partial charge in [0.05, 0.1) is 16.5 Å². The van der Waals surface area contributed by atoms with Gasteiger partial charge in [0.1, 0.15) is 0 Å². The number of hydrogen-bond acceptors (Lipinski definition) is 3.